The Labute approximate surface area is 209 Å². The number of fused-ring (bicyclic) bond motifs is 2. The Kier molecular flexibility index (Phi) is 6.69. The van der Waals surface area contributed by atoms with Gasteiger partial charge in [0.25, 0.3) is 0 Å². The third-order valence-corrected chi connectivity index (χ3v) is 6.83. The first-order valence-electron chi connectivity index (χ1n) is 11.5. The zero-order chi connectivity index (χ0) is 27.3. The second-order valence-electron chi connectivity index (χ2n) is 9.36. The number of rotatable bonds is 5. The minimum absolute atomic E-state index is 0.167. The van der Waals surface area contributed by atoms with E-state index in [-0.39, 0.29) is 24.5 Å². The quantitative estimate of drug-likeness (QED) is 0.313. The van der Waals surface area contributed by atoms with Crippen molar-refractivity contribution >= 4 is 17.9 Å². The molecule has 2 aliphatic rings. The lowest BCUT2D eigenvalue weighted by Gasteiger charge is -2.40. The first-order valence-corrected chi connectivity index (χ1v) is 11.5. The highest BCUT2D eigenvalue weighted by Crippen LogP contribution is 2.44. The zero-order valence-electron chi connectivity index (χ0n) is 20.4. The molecule has 0 radical (unpaired) electrons. The predicted octanol–water partition coefficient (Wildman–Crippen LogP) is 3.78. The summed E-state index contributed by atoms with van der Waals surface area (Å²) in [5.41, 5.74) is 2.92. The number of aryl methyl sites for hydroxylation is 1. The number of benzene rings is 1. The van der Waals surface area contributed by atoms with E-state index < -0.39 is 46.6 Å². The topological polar surface area (TPSA) is 111 Å². The highest BCUT2D eigenvalue weighted by molar-refractivity contribution is 5.96. The molecule has 198 valence electrons. The number of likely N-dealkylation sites (tertiary alicyclic amines) is 1. The maximum atomic E-state index is 14.8. The number of aromatic nitrogens is 2. The van der Waals surface area contributed by atoms with Crippen LogP contribution in [0.15, 0.2) is 29.8 Å². The number of nitrogens with one attached hydrogen (secondary N) is 2. The molecule has 1 unspecified atom stereocenters. The summed E-state index contributed by atoms with van der Waals surface area (Å²) in [4.78, 5) is 25.6. The van der Waals surface area contributed by atoms with Crippen LogP contribution in [0.4, 0.5) is 27.8 Å². The monoisotopic (exact) mass is 523 g/mol. The Bertz CT molecular complexity index is 1290. The standard InChI is InChI=1S/C24H26F5N7O/c1-12(14-5-4-6-16(18(14)25)24(27,28)29)32-21-15-10-36(17(9-30)20(26)31)22(37)23(7-8-35(3)11-23)19(15)33-13(2)34-21/h4-6,9,12,30H,7-8,10-11,31H2,1-3H3,(H,32,33,34)/b20-17+,30-9?/t12-,23?/m1/s1. The highest BCUT2D eigenvalue weighted by Gasteiger charge is 2.53. The van der Waals surface area contributed by atoms with Crippen LogP contribution < -0.4 is 11.1 Å². The fourth-order valence-electron chi connectivity index (χ4n) is 5.08. The van der Waals surface area contributed by atoms with Gasteiger partial charge in [-0.2, -0.15) is 17.6 Å². The number of nitrogens with zero attached hydrogens (tertiary/aromatic N) is 4. The summed E-state index contributed by atoms with van der Waals surface area (Å²) >= 11 is 0. The van der Waals surface area contributed by atoms with E-state index in [1.165, 1.54) is 13.0 Å². The lowest BCUT2D eigenvalue weighted by Crippen LogP contribution is -2.53. The van der Waals surface area contributed by atoms with Gasteiger partial charge in [-0.3, -0.25) is 4.79 Å². The van der Waals surface area contributed by atoms with Gasteiger partial charge in [0.05, 0.1) is 23.8 Å². The fraction of sp³-hybridized carbons (Fsp3) is 0.417. The summed E-state index contributed by atoms with van der Waals surface area (Å²) in [7, 11) is 1.82. The van der Waals surface area contributed by atoms with Crippen molar-refractivity contribution in [3.05, 3.63) is 63.9 Å². The summed E-state index contributed by atoms with van der Waals surface area (Å²) in [5.74, 6) is -2.62. The molecule has 1 spiro atoms. The smallest absolute Gasteiger partial charge is 0.374 e. The summed E-state index contributed by atoms with van der Waals surface area (Å²) in [6.07, 6.45) is -3.86. The van der Waals surface area contributed by atoms with Gasteiger partial charge < -0.3 is 26.3 Å². The SMILES string of the molecule is Cc1nc(N[C@H](C)c2cccc(C(F)(F)F)c2F)c2c(n1)C1(CCN(C)C1)C(=O)N(/C(C=N)=C(/N)F)C2. The number of nitrogens with two attached hydrogens (primary N) is 1. The largest absolute Gasteiger partial charge is 0.419 e. The lowest BCUT2D eigenvalue weighted by molar-refractivity contribution is -0.140. The number of alkyl halides is 3. The molecule has 13 heteroatoms. The third-order valence-electron chi connectivity index (χ3n) is 6.83. The van der Waals surface area contributed by atoms with E-state index in [1.54, 1.807) is 6.92 Å². The first-order chi connectivity index (χ1) is 17.3. The Hall–Kier alpha value is -3.61. The molecule has 37 heavy (non-hydrogen) atoms. The van der Waals surface area contributed by atoms with Gasteiger partial charge in [0, 0.05) is 23.9 Å². The van der Waals surface area contributed by atoms with Crippen LogP contribution in [-0.2, 0) is 22.9 Å². The van der Waals surface area contributed by atoms with E-state index in [4.69, 9.17) is 11.1 Å². The molecule has 1 saturated heterocycles. The first kappa shape index (κ1) is 26.5. The van der Waals surface area contributed by atoms with Crippen LogP contribution in [0.1, 0.15) is 47.6 Å². The normalized spacial score (nSPS) is 21.6. The Morgan fingerprint density at radius 1 is 1.32 bits per heavy atom. The van der Waals surface area contributed by atoms with Crippen molar-refractivity contribution in [3.63, 3.8) is 0 Å². The molecule has 0 bridgehead atoms. The molecule has 4 N–H and O–H groups in total. The molecule has 1 amide bonds. The maximum Gasteiger partial charge on any atom is 0.419 e. The number of hydrogen-bond acceptors (Lipinski definition) is 7. The van der Waals surface area contributed by atoms with Crippen LogP contribution in [-0.4, -0.2) is 52.0 Å². The van der Waals surface area contributed by atoms with Crippen molar-refractivity contribution in [1.29, 1.82) is 5.41 Å². The molecule has 2 atom stereocenters. The Balaban J connectivity index is 1.84. The molecule has 3 heterocycles. The molecule has 1 fully saturated rings. The maximum absolute atomic E-state index is 14.8. The van der Waals surface area contributed by atoms with Gasteiger partial charge in [-0.1, -0.05) is 12.1 Å². The molecule has 1 aromatic heterocycles. The predicted molar refractivity (Wildman–Crippen MR) is 126 cm³/mol. The minimum Gasteiger partial charge on any atom is -0.374 e. The molecule has 0 saturated carbocycles. The van der Waals surface area contributed by atoms with E-state index in [0.29, 0.717) is 42.3 Å². The van der Waals surface area contributed by atoms with E-state index in [2.05, 4.69) is 15.3 Å². The van der Waals surface area contributed by atoms with Crippen molar-refractivity contribution in [2.75, 3.05) is 25.5 Å². The van der Waals surface area contributed by atoms with Crippen molar-refractivity contribution in [2.24, 2.45) is 5.73 Å². The number of allylic oxidation sites excluding steroid dienone is 1. The summed E-state index contributed by atoms with van der Waals surface area (Å²) in [5, 5.41) is 10.6. The van der Waals surface area contributed by atoms with Crippen molar-refractivity contribution in [1.82, 2.24) is 19.8 Å². The number of halogens is 5. The number of likely N-dealkylation sites (N-methyl/N-ethyl adjacent to an activating group) is 1. The van der Waals surface area contributed by atoms with Gasteiger partial charge >= 0.3 is 6.18 Å². The average molecular weight is 524 g/mol. The molecule has 2 aliphatic heterocycles. The van der Waals surface area contributed by atoms with Crippen LogP contribution in [0, 0.1) is 18.2 Å². The Morgan fingerprint density at radius 2 is 2.03 bits per heavy atom. The number of amides is 1. The average Bonchev–Trinajstić information content (AvgIpc) is 3.20. The number of carbonyl (C=O) groups is 1. The van der Waals surface area contributed by atoms with Crippen molar-refractivity contribution in [2.45, 2.75) is 44.4 Å². The minimum atomic E-state index is -4.87. The molecule has 4 rings (SSSR count). The molecule has 2 aromatic rings. The molecular weight excluding hydrogens is 497 g/mol. The van der Waals surface area contributed by atoms with Gasteiger partial charge in [0.1, 0.15) is 28.6 Å². The molecular formula is C24H26F5N7O. The van der Waals surface area contributed by atoms with Gasteiger partial charge in [0.2, 0.25) is 11.9 Å². The van der Waals surface area contributed by atoms with Crippen LogP contribution in [0.5, 0.6) is 0 Å². The van der Waals surface area contributed by atoms with E-state index in [0.717, 1.165) is 11.0 Å². The van der Waals surface area contributed by atoms with Gasteiger partial charge in [0.15, 0.2) is 0 Å². The lowest BCUT2D eigenvalue weighted by atomic mass is 9.76. The van der Waals surface area contributed by atoms with Crippen LogP contribution in [0.3, 0.4) is 0 Å². The number of hydrogen-bond donors (Lipinski definition) is 3. The van der Waals surface area contributed by atoms with Gasteiger partial charge in [-0.05, 0) is 39.9 Å². The second kappa shape index (κ2) is 9.36. The third kappa shape index (κ3) is 4.52. The van der Waals surface area contributed by atoms with E-state index >= 15 is 0 Å². The number of anilines is 1. The van der Waals surface area contributed by atoms with E-state index in [1.807, 2.05) is 11.9 Å². The zero-order valence-corrected chi connectivity index (χ0v) is 20.4. The summed E-state index contributed by atoms with van der Waals surface area (Å²) in [6.45, 7) is 3.66. The Morgan fingerprint density at radius 3 is 2.59 bits per heavy atom. The van der Waals surface area contributed by atoms with E-state index in [9.17, 15) is 26.7 Å². The molecule has 8 nitrogen and oxygen atoms in total. The van der Waals surface area contributed by atoms with Crippen LogP contribution >= 0.6 is 0 Å². The van der Waals surface area contributed by atoms with Gasteiger partial charge in [-0.15, -0.1) is 0 Å². The van der Waals surface area contributed by atoms with Crippen LogP contribution in [0.25, 0.3) is 0 Å². The van der Waals surface area contributed by atoms with Crippen LogP contribution in [0.2, 0.25) is 0 Å². The molecule has 1 aromatic carbocycles. The highest BCUT2D eigenvalue weighted by atomic mass is 19.4. The second-order valence-corrected chi connectivity index (χ2v) is 9.36. The number of carbonyl (C=O) groups excluding carboxylic acids is 1. The van der Waals surface area contributed by atoms with Crippen molar-refractivity contribution in [3.8, 4) is 0 Å². The van der Waals surface area contributed by atoms with Gasteiger partial charge in [-0.25, -0.2) is 14.4 Å². The van der Waals surface area contributed by atoms with Crippen molar-refractivity contribution < 1.29 is 26.7 Å². The molecule has 0 aliphatic carbocycles. The summed E-state index contributed by atoms with van der Waals surface area (Å²) in [6, 6.07) is 2.07. The summed E-state index contributed by atoms with van der Waals surface area (Å²) < 4.78 is 68.8. The fourth-order valence-corrected chi connectivity index (χ4v) is 5.08.